The molecule has 2 saturated heterocycles. The second-order valence-corrected chi connectivity index (χ2v) is 5.70. The van der Waals surface area contributed by atoms with Crippen molar-refractivity contribution in [3.05, 3.63) is 18.1 Å². The number of rotatable bonds is 1. The van der Waals surface area contributed by atoms with Crippen molar-refractivity contribution in [2.45, 2.75) is 19.8 Å². The molecule has 0 bridgehead atoms. The normalized spacial score (nSPS) is 26.9. The van der Waals surface area contributed by atoms with E-state index in [1.165, 1.54) is 12.8 Å². The Bertz CT molecular complexity index is 617. The van der Waals surface area contributed by atoms with E-state index in [1.54, 1.807) is 6.33 Å². The summed E-state index contributed by atoms with van der Waals surface area (Å²) in [6, 6.07) is 2.09. The highest BCUT2D eigenvalue weighted by atomic mass is 16.5. The Morgan fingerprint density at radius 3 is 3.16 bits per heavy atom. The predicted molar refractivity (Wildman–Crippen MR) is 70.2 cm³/mol. The van der Waals surface area contributed by atoms with Crippen LogP contribution in [0.4, 0.5) is 5.82 Å². The van der Waals surface area contributed by atoms with Gasteiger partial charge in [-0.05, 0) is 19.8 Å². The molecule has 0 radical (unpaired) electrons. The monoisotopic (exact) mass is 259 g/mol. The molecule has 2 fully saturated rings. The number of aromatic nitrogens is 4. The Morgan fingerprint density at radius 1 is 1.37 bits per heavy atom. The van der Waals surface area contributed by atoms with Crippen molar-refractivity contribution in [2.24, 2.45) is 5.41 Å². The fourth-order valence-electron chi connectivity index (χ4n) is 3.24. The molecular formula is C13H17N5O. The third-order valence-electron chi connectivity index (χ3n) is 4.31. The first-order chi connectivity index (χ1) is 9.26. The molecule has 2 aliphatic rings. The number of anilines is 1. The van der Waals surface area contributed by atoms with Gasteiger partial charge in [0.1, 0.15) is 12.1 Å². The van der Waals surface area contributed by atoms with Crippen molar-refractivity contribution < 1.29 is 4.74 Å². The minimum absolute atomic E-state index is 0.351. The van der Waals surface area contributed by atoms with E-state index in [0.717, 1.165) is 37.8 Å². The molecule has 6 heteroatoms. The van der Waals surface area contributed by atoms with E-state index < -0.39 is 0 Å². The lowest BCUT2D eigenvalue weighted by molar-refractivity contribution is 0.160. The first-order valence-electron chi connectivity index (χ1n) is 6.76. The number of hydrogen-bond acceptors (Lipinski definition) is 5. The van der Waals surface area contributed by atoms with E-state index in [-0.39, 0.29) is 0 Å². The molecule has 0 aliphatic carbocycles. The van der Waals surface area contributed by atoms with Crippen LogP contribution in [-0.4, -0.2) is 45.9 Å². The molecule has 2 aromatic heterocycles. The molecule has 1 spiro atoms. The van der Waals surface area contributed by atoms with Crippen LogP contribution >= 0.6 is 0 Å². The highest BCUT2D eigenvalue weighted by Gasteiger charge is 2.41. The summed E-state index contributed by atoms with van der Waals surface area (Å²) >= 11 is 0. The number of aryl methyl sites for hydroxylation is 1. The van der Waals surface area contributed by atoms with E-state index in [0.29, 0.717) is 11.2 Å². The summed E-state index contributed by atoms with van der Waals surface area (Å²) in [4.78, 5) is 11.0. The summed E-state index contributed by atoms with van der Waals surface area (Å²) in [6.07, 6.45) is 3.94. The van der Waals surface area contributed by atoms with Crippen LogP contribution in [0.2, 0.25) is 0 Å². The maximum absolute atomic E-state index is 5.59. The quantitative estimate of drug-likeness (QED) is 0.766. The maximum atomic E-state index is 5.59. The number of ether oxygens (including phenoxy) is 1. The maximum Gasteiger partial charge on any atom is 0.254 e. The molecule has 6 nitrogen and oxygen atoms in total. The fourth-order valence-corrected chi connectivity index (χ4v) is 3.24. The molecule has 0 aromatic carbocycles. The van der Waals surface area contributed by atoms with Crippen LogP contribution in [-0.2, 0) is 4.74 Å². The number of fused-ring (bicyclic) bond motifs is 1. The van der Waals surface area contributed by atoms with E-state index in [4.69, 9.17) is 4.74 Å². The zero-order valence-electron chi connectivity index (χ0n) is 11.0. The first kappa shape index (κ1) is 11.2. The first-order valence-corrected chi connectivity index (χ1v) is 6.76. The second-order valence-electron chi connectivity index (χ2n) is 5.70. The summed E-state index contributed by atoms with van der Waals surface area (Å²) in [7, 11) is 0. The molecule has 100 valence electrons. The lowest BCUT2D eigenvalue weighted by Gasteiger charge is -2.23. The summed E-state index contributed by atoms with van der Waals surface area (Å²) in [5, 5.41) is 4.29. The molecule has 4 rings (SSSR count). The van der Waals surface area contributed by atoms with Crippen LogP contribution in [0.15, 0.2) is 12.4 Å². The summed E-state index contributed by atoms with van der Waals surface area (Å²) in [6.45, 7) is 5.91. The van der Waals surface area contributed by atoms with E-state index in [1.807, 2.05) is 11.4 Å². The van der Waals surface area contributed by atoms with Gasteiger partial charge in [0.25, 0.3) is 5.78 Å². The zero-order valence-corrected chi connectivity index (χ0v) is 11.0. The van der Waals surface area contributed by atoms with Gasteiger partial charge >= 0.3 is 0 Å². The van der Waals surface area contributed by atoms with E-state index in [2.05, 4.69) is 26.0 Å². The lowest BCUT2D eigenvalue weighted by Crippen LogP contribution is -2.28. The molecule has 4 heterocycles. The SMILES string of the molecule is Cc1cc(N2CC[C@]3(CCOC3)C2)n2ncnc2n1. The Hall–Kier alpha value is -1.69. The standard InChI is InChI=1S/C13H17N5O/c1-10-6-11(18-12(16-10)14-9-15-18)17-4-2-13(7-17)3-5-19-8-13/h6,9H,2-5,7-8H2,1H3/t13-/m0/s1. The van der Waals surface area contributed by atoms with Gasteiger partial charge in [-0.2, -0.15) is 14.6 Å². The molecule has 19 heavy (non-hydrogen) atoms. The van der Waals surface area contributed by atoms with Crippen LogP contribution in [0.5, 0.6) is 0 Å². The van der Waals surface area contributed by atoms with Gasteiger partial charge in [-0.15, -0.1) is 0 Å². The Morgan fingerprint density at radius 2 is 2.32 bits per heavy atom. The molecule has 2 aliphatic heterocycles. The third-order valence-corrected chi connectivity index (χ3v) is 4.31. The van der Waals surface area contributed by atoms with Gasteiger partial charge in [-0.1, -0.05) is 0 Å². The van der Waals surface area contributed by atoms with Gasteiger partial charge in [0.15, 0.2) is 0 Å². The summed E-state index contributed by atoms with van der Waals surface area (Å²) in [5.41, 5.74) is 1.34. The number of hydrogen-bond donors (Lipinski definition) is 0. The topological polar surface area (TPSA) is 55.6 Å². The predicted octanol–water partition coefficient (Wildman–Crippen LogP) is 1.05. The van der Waals surface area contributed by atoms with Crippen LogP contribution in [0.25, 0.3) is 5.78 Å². The van der Waals surface area contributed by atoms with Crippen LogP contribution in [0.3, 0.4) is 0 Å². The third kappa shape index (κ3) is 1.70. The van der Waals surface area contributed by atoms with Crippen molar-refractivity contribution in [1.82, 2.24) is 19.6 Å². The highest BCUT2D eigenvalue weighted by Crippen LogP contribution is 2.39. The van der Waals surface area contributed by atoms with Gasteiger partial charge in [0.2, 0.25) is 0 Å². The van der Waals surface area contributed by atoms with Gasteiger partial charge in [0, 0.05) is 36.9 Å². The minimum atomic E-state index is 0.351. The van der Waals surface area contributed by atoms with Crippen LogP contribution in [0, 0.1) is 12.3 Å². The van der Waals surface area contributed by atoms with Gasteiger partial charge < -0.3 is 9.64 Å². The van der Waals surface area contributed by atoms with Crippen molar-refractivity contribution in [3.8, 4) is 0 Å². The van der Waals surface area contributed by atoms with Gasteiger partial charge in [0.05, 0.1) is 6.61 Å². The smallest absolute Gasteiger partial charge is 0.254 e. The van der Waals surface area contributed by atoms with E-state index in [9.17, 15) is 0 Å². The van der Waals surface area contributed by atoms with Gasteiger partial charge in [-0.25, -0.2) is 4.98 Å². The Balaban J connectivity index is 1.73. The molecule has 1 atom stereocenters. The Labute approximate surface area is 111 Å². The molecule has 2 aromatic rings. The van der Waals surface area contributed by atoms with Crippen LogP contribution < -0.4 is 4.90 Å². The lowest BCUT2D eigenvalue weighted by atomic mass is 9.87. The van der Waals surface area contributed by atoms with Crippen molar-refractivity contribution in [1.29, 1.82) is 0 Å². The molecule has 0 unspecified atom stereocenters. The molecule has 0 N–H and O–H groups in total. The average Bonchev–Trinajstić information content (AvgIpc) is 3.11. The molecule has 0 amide bonds. The highest BCUT2D eigenvalue weighted by molar-refractivity contribution is 5.48. The molecular weight excluding hydrogens is 242 g/mol. The Kier molecular flexibility index (Phi) is 2.29. The molecule has 0 saturated carbocycles. The summed E-state index contributed by atoms with van der Waals surface area (Å²) in [5.74, 6) is 1.78. The minimum Gasteiger partial charge on any atom is -0.381 e. The largest absolute Gasteiger partial charge is 0.381 e. The fraction of sp³-hybridized carbons (Fsp3) is 0.615. The zero-order chi connectivity index (χ0) is 12.9. The van der Waals surface area contributed by atoms with E-state index >= 15 is 0 Å². The number of nitrogens with zero attached hydrogens (tertiary/aromatic N) is 5. The van der Waals surface area contributed by atoms with Crippen LogP contribution in [0.1, 0.15) is 18.5 Å². The van der Waals surface area contributed by atoms with Gasteiger partial charge in [-0.3, -0.25) is 0 Å². The average molecular weight is 259 g/mol. The van der Waals surface area contributed by atoms with Crippen molar-refractivity contribution in [2.75, 3.05) is 31.2 Å². The van der Waals surface area contributed by atoms with Crippen molar-refractivity contribution >= 4 is 11.6 Å². The second kappa shape index (κ2) is 3.90. The van der Waals surface area contributed by atoms with Crippen molar-refractivity contribution in [3.63, 3.8) is 0 Å². The summed E-state index contributed by atoms with van der Waals surface area (Å²) < 4.78 is 7.42.